The Morgan fingerprint density at radius 1 is 0.882 bits per heavy atom. The van der Waals surface area contributed by atoms with Crippen molar-refractivity contribution in [1.29, 1.82) is 0 Å². The number of nitrogens with two attached hydrogens (primary N) is 1. The molecule has 1 aliphatic heterocycles. The molecule has 2 heterocycles. The van der Waals surface area contributed by atoms with Gasteiger partial charge in [0, 0.05) is 68.4 Å². The Morgan fingerprint density at radius 2 is 1.57 bits per heavy atom. The summed E-state index contributed by atoms with van der Waals surface area (Å²) in [6.07, 6.45) is 8.21. The number of carbonyl (C=O) groups is 7. The lowest BCUT2D eigenvalue weighted by molar-refractivity contribution is -0.148. The van der Waals surface area contributed by atoms with Crippen LogP contribution in [0.2, 0.25) is 0 Å². The maximum absolute atomic E-state index is 14.0. The standard InChI is InChI=1S/C38H47ClN4O7S/c39-24-26-9-11-30(12-10-26)42-36(49)27(7-5-18-41-37(40)50)22-32(45)38(16-6-17-38)33(46)23-29(28-15-20-51-25-28)21-31(44)8-3-1-2-4-19-43-34(47)13-14-35(43)48/h9-15,20,25,27,29H,1-8,16-19,21-24H2,(H,42,49)(H3,40,41,50)/t27-,29-/m1/s1. The van der Waals surface area contributed by atoms with E-state index in [1.807, 2.05) is 16.8 Å². The highest BCUT2D eigenvalue weighted by Gasteiger charge is 2.50. The number of imide groups is 1. The van der Waals surface area contributed by atoms with Gasteiger partial charge in [-0.2, -0.15) is 11.3 Å². The molecular formula is C38H47ClN4O7S. The predicted molar refractivity (Wildman–Crippen MR) is 196 cm³/mol. The van der Waals surface area contributed by atoms with Gasteiger partial charge < -0.3 is 16.4 Å². The second-order valence-corrected chi connectivity index (χ2v) is 14.5. The molecule has 1 aromatic carbocycles. The van der Waals surface area contributed by atoms with E-state index in [4.69, 9.17) is 17.3 Å². The van der Waals surface area contributed by atoms with E-state index in [9.17, 15) is 33.6 Å². The normalized spacial score (nSPS) is 16.0. The first kappa shape index (κ1) is 39.6. The summed E-state index contributed by atoms with van der Waals surface area (Å²) in [5, 5.41) is 9.25. The zero-order valence-electron chi connectivity index (χ0n) is 28.8. The van der Waals surface area contributed by atoms with Crippen LogP contribution in [0.3, 0.4) is 0 Å². The number of unbranched alkanes of at least 4 members (excludes halogenated alkanes) is 3. The van der Waals surface area contributed by atoms with E-state index in [0.717, 1.165) is 30.4 Å². The number of benzene rings is 1. The molecule has 11 nitrogen and oxygen atoms in total. The average Bonchev–Trinajstić information content (AvgIpc) is 3.73. The Bertz CT molecular complexity index is 1570. The van der Waals surface area contributed by atoms with Gasteiger partial charge in [0.15, 0.2) is 0 Å². The highest BCUT2D eigenvalue weighted by Crippen LogP contribution is 2.47. The van der Waals surface area contributed by atoms with Crippen molar-refractivity contribution >= 4 is 69.7 Å². The maximum atomic E-state index is 14.0. The first-order chi connectivity index (χ1) is 24.5. The molecule has 1 fully saturated rings. The number of nitrogens with one attached hydrogen (secondary N) is 2. The van der Waals surface area contributed by atoms with Gasteiger partial charge in [-0.25, -0.2) is 4.79 Å². The lowest BCUT2D eigenvalue weighted by Crippen LogP contribution is -2.47. The van der Waals surface area contributed by atoms with Gasteiger partial charge in [-0.1, -0.05) is 31.4 Å². The van der Waals surface area contributed by atoms with Crippen LogP contribution in [-0.4, -0.2) is 59.1 Å². The van der Waals surface area contributed by atoms with Gasteiger partial charge in [0.25, 0.3) is 11.8 Å². The molecule has 274 valence electrons. The number of amides is 5. The molecular weight excluding hydrogens is 692 g/mol. The summed E-state index contributed by atoms with van der Waals surface area (Å²) < 4.78 is 0. The number of hydrogen-bond acceptors (Lipinski definition) is 8. The topological polar surface area (TPSA) is 173 Å². The number of thiophene rings is 1. The van der Waals surface area contributed by atoms with Gasteiger partial charge in [0.2, 0.25) is 5.91 Å². The number of halogens is 1. The van der Waals surface area contributed by atoms with Crippen LogP contribution in [-0.2, 0) is 34.6 Å². The Labute approximate surface area is 307 Å². The predicted octanol–water partition coefficient (Wildman–Crippen LogP) is 6.20. The number of hydrogen-bond donors (Lipinski definition) is 3. The van der Waals surface area contributed by atoms with E-state index in [0.29, 0.717) is 63.1 Å². The first-order valence-corrected chi connectivity index (χ1v) is 19.1. The van der Waals surface area contributed by atoms with Crippen molar-refractivity contribution in [1.82, 2.24) is 10.2 Å². The Morgan fingerprint density at radius 3 is 2.18 bits per heavy atom. The maximum Gasteiger partial charge on any atom is 0.312 e. The quantitative estimate of drug-likeness (QED) is 0.0527. The minimum atomic E-state index is -1.18. The fraction of sp³-hybridized carbons (Fsp3) is 0.500. The van der Waals surface area contributed by atoms with Crippen molar-refractivity contribution in [3.8, 4) is 0 Å². The number of urea groups is 1. The van der Waals surface area contributed by atoms with E-state index in [-0.39, 0.29) is 66.8 Å². The van der Waals surface area contributed by atoms with Gasteiger partial charge in [0.05, 0.1) is 5.41 Å². The Balaban J connectivity index is 1.34. The zero-order valence-corrected chi connectivity index (χ0v) is 30.4. The molecule has 1 aliphatic carbocycles. The van der Waals surface area contributed by atoms with Crippen LogP contribution in [0, 0.1) is 11.3 Å². The molecule has 0 saturated heterocycles. The second-order valence-electron chi connectivity index (χ2n) is 13.5. The summed E-state index contributed by atoms with van der Waals surface area (Å²) in [4.78, 5) is 90.5. The van der Waals surface area contributed by atoms with E-state index >= 15 is 0 Å². The molecule has 2 aromatic rings. The SMILES string of the molecule is NC(=O)NCCC[C@H](CC(=O)C1(C(=O)C[C@@H](CC(=O)CCCCCCN2C(=O)C=CC2=O)c2ccsc2)CCC1)C(=O)Nc1ccc(CCl)cc1. The Kier molecular flexibility index (Phi) is 15.1. The van der Waals surface area contributed by atoms with Crippen LogP contribution in [0.5, 0.6) is 0 Å². The van der Waals surface area contributed by atoms with Crippen molar-refractivity contribution in [2.75, 3.05) is 18.4 Å². The van der Waals surface area contributed by atoms with Crippen molar-refractivity contribution in [2.24, 2.45) is 17.1 Å². The number of ketones is 3. The minimum Gasteiger partial charge on any atom is -0.352 e. The van der Waals surface area contributed by atoms with E-state index < -0.39 is 17.4 Å². The molecule has 0 radical (unpaired) electrons. The minimum absolute atomic E-state index is 0.0440. The van der Waals surface area contributed by atoms with Crippen LogP contribution in [0.15, 0.2) is 53.2 Å². The van der Waals surface area contributed by atoms with Crippen LogP contribution in [0.4, 0.5) is 10.5 Å². The number of carbonyl (C=O) groups excluding carboxylic acids is 7. The zero-order chi connectivity index (χ0) is 36.8. The molecule has 1 aromatic heterocycles. The van der Waals surface area contributed by atoms with Crippen molar-refractivity contribution in [3.05, 3.63) is 64.4 Å². The summed E-state index contributed by atoms with van der Waals surface area (Å²) in [5.41, 5.74) is 6.37. The fourth-order valence-corrected chi connectivity index (χ4v) is 7.60. The van der Waals surface area contributed by atoms with Crippen LogP contribution in [0.25, 0.3) is 0 Å². The highest BCUT2D eigenvalue weighted by atomic mass is 35.5. The van der Waals surface area contributed by atoms with Crippen molar-refractivity contribution in [3.63, 3.8) is 0 Å². The highest BCUT2D eigenvalue weighted by molar-refractivity contribution is 7.08. The number of anilines is 1. The molecule has 4 N–H and O–H groups in total. The number of primary amides is 1. The van der Waals surface area contributed by atoms with Gasteiger partial charge in [-0.15, -0.1) is 11.6 Å². The van der Waals surface area contributed by atoms with Gasteiger partial charge >= 0.3 is 6.03 Å². The summed E-state index contributed by atoms with van der Waals surface area (Å²) in [6.45, 7) is 0.610. The fourth-order valence-electron chi connectivity index (χ4n) is 6.68. The largest absolute Gasteiger partial charge is 0.352 e. The number of Topliss-reactive ketones (excluding diaryl/α,β-unsaturated/α-hetero) is 3. The van der Waals surface area contributed by atoms with E-state index in [1.54, 1.807) is 24.3 Å². The van der Waals surface area contributed by atoms with Crippen LogP contribution in [0.1, 0.15) is 101 Å². The van der Waals surface area contributed by atoms with E-state index in [2.05, 4.69) is 10.6 Å². The third-order valence-corrected chi connectivity index (χ3v) is 10.9. The Hall–Kier alpha value is -4.16. The van der Waals surface area contributed by atoms with Crippen LogP contribution < -0.4 is 16.4 Å². The molecule has 1 saturated carbocycles. The third kappa shape index (κ3) is 11.4. The average molecular weight is 739 g/mol. The number of nitrogens with zero attached hydrogens (tertiary/aromatic N) is 1. The number of alkyl halides is 1. The lowest BCUT2D eigenvalue weighted by Gasteiger charge is -2.40. The molecule has 0 bridgehead atoms. The molecule has 2 atom stereocenters. The molecule has 4 rings (SSSR count). The third-order valence-electron chi connectivity index (χ3n) is 9.89. The molecule has 0 unspecified atom stereocenters. The molecule has 0 spiro atoms. The smallest absolute Gasteiger partial charge is 0.312 e. The summed E-state index contributed by atoms with van der Waals surface area (Å²) in [6, 6.07) is 8.34. The second kappa shape index (κ2) is 19.4. The number of rotatable bonds is 23. The van der Waals surface area contributed by atoms with Gasteiger partial charge in [-0.05, 0) is 84.5 Å². The molecule has 2 aliphatic rings. The van der Waals surface area contributed by atoms with Crippen LogP contribution >= 0.6 is 22.9 Å². The molecule has 51 heavy (non-hydrogen) atoms. The molecule has 13 heteroatoms. The van der Waals surface area contributed by atoms with Crippen molar-refractivity contribution in [2.45, 2.75) is 95.3 Å². The first-order valence-electron chi connectivity index (χ1n) is 17.7. The molecule has 5 amide bonds. The van der Waals surface area contributed by atoms with E-state index in [1.165, 1.54) is 28.4 Å². The lowest BCUT2D eigenvalue weighted by atomic mass is 9.60. The summed E-state index contributed by atoms with van der Waals surface area (Å²) in [5.74, 6) is -2.08. The summed E-state index contributed by atoms with van der Waals surface area (Å²) >= 11 is 7.38. The van der Waals surface area contributed by atoms with Gasteiger partial charge in [-0.3, -0.25) is 33.7 Å². The van der Waals surface area contributed by atoms with Crippen molar-refractivity contribution < 1.29 is 33.6 Å². The monoisotopic (exact) mass is 738 g/mol. The summed E-state index contributed by atoms with van der Waals surface area (Å²) in [7, 11) is 0. The van der Waals surface area contributed by atoms with Gasteiger partial charge in [0.1, 0.15) is 17.3 Å².